The van der Waals surface area contributed by atoms with E-state index in [9.17, 15) is 4.79 Å². The van der Waals surface area contributed by atoms with Crippen molar-refractivity contribution in [1.82, 2.24) is 15.5 Å². The Hall–Kier alpha value is -2.04. The summed E-state index contributed by atoms with van der Waals surface area (Å²) in [6, 6.07) is 10.3. The molecule has 2 aliphatic rings. The van der Waals surface area contributed by atoms with Gasteiger partial charge in [-0.25, -0.2) is 0 Å². The molecule has 1 aliphatic carbocycles. The molecule has 1 aromatic carbocycles. The summed E-state index contributed by atoms with van der Waals surface area (Å²) in [6.07, 6.45) is 2.17. The van der Waals surface area contributed by atoms with Gasteiger partial charge in [0.15, 0.2) is 5.96 Å². The molecule has 0 aromatic heterocycles. The van der Waals surface area contributed by atoms with E-state index in [0.717, 1.165) is 37.0 Å². The van der Waals surface area contributed by atoms with Gasteiger partial charge in [0.2, 0.25) is 0 Å². The highest BCUT2D eigenvalue weighted by Crippen LogP contribution is 2.28. The van der Waals surface area contributed by atoms with E-state index in [1.807, 2.05) is 35.2 Å². The number of hydrogen-bond donors (Lipinski definition) is 2. The van der Waals surface area contributed by atoms with Crippen LogP contribution in [0, 0.1) is 5.92 Å². The van der Waals surface area contributed by atoms with Crippen LogP contribution in [-0.2, 0) is 0 Å². The quantitative estimate of drug-likeness (QED) is 0.656. The third-order valence-electron chi connectivity index (χ3n) is 4.49. The molecule has 1 saturated heterocycles. The fourth-order valence-corrected chi connectivity index (χ4v) is 2.89. The van der Waals surface area contributed by atoms with E-state index in [1.54, 1.807) is 7.05 Å². The van der Waals surface area contributed by atoms with Crippen LogP contribution in [0.3, 0.4) is 0 Å². The Morgan fingerprint density at radius 1 is 1.27 bits per heavy atom. The molecular formula is C17H24N4O. The second-order valence-electron chi connectivity index (χ2n) is 6.28. The molecule has 5 heteroatoms. The number of guanidine groups is 1. The topological polar surface area (TPSA) is 56.7 Å². The standard InChI is InChI=1S/C17H24N4O/c1-12-10-15(12)20-17(18-2)19-14-8-9-21(11-14)16(22)13-6-4-3-5-7-13/h3-7,12,14-15H,8-11H2,1-2H3,(H2,18,19,20). The number of nitrogens with one attached hydrogen (secondary N) is 2. The lowest BCUT2D eigenvalue weighted by molar-refractivity contribution is 0.0790. The number of hydrogen-bond acceptors (Lipinski definition) is 2. The molecule has 1 saturated carbocycles. The second-order valence-corrected chi connectivity index (χ2v) is 6.28. The molecule has 22 heavy (non-hydrogen) atoms. The van der Waals surface area contributed by atoms with Crippen LogP contribution in [0.5, 0.6) is 0 Å². The van der Waals surface area contributed by atoms with Crippen LogP contribution in [-0.4, -0.2) is 49.0 Å². The van der Waals surface area contributed by atoms with Crippen LogP contribution in [0.1, 0.15) is 30.1 Å². The molecule has 2 N–H and O–H groups in total. The fraction of sp³-hybridized carbons (Fsp3) is 0.529. The van der Waals surface area contributed by atoms with E-state index in [2.05, 4.69) is 22.5 Å². The number of benzene rings is 1. The Kier molecular flexibility index (Phi) is 4.32. The molecule has 3 atom stereocenters. The summed E-state index contributed by atoms with van der Waals surface area (Å²) in [5.74, 6) is 1.70. The highest BCUT2D eigenvalue weighted by atomic mass is 16.2. The predicted octanol–water partition coefficient (Wildman–Crippen LogP) is 1.47. The van der Waals surface area contributed by atoms with Crippen molar-refractivity contribution in [3.63, 3.8) is 0 Å². The van der Waals surface area contributed by atoms with Crippen molar-refractivity contribution in [3.05, 3.63) is 35.9 Å². The molecule has 5 nitrogen and oxygen atoms in total. The Labute approximate surface area is 131 Å². The number of nitrogens with zero attached hydrogens (tertiary/aromatic N) is 2. The molecular weight excluding hydrogens is 276 g/mol. The van der Waals surface area contributed by atoms with Crippen molar-refractivity contribution in [1.29, 1.82) is 0 Å². The highest BCUT2D eigenvalue weighted by molar-refractivity contribution is 5.94. The average Bonchev–Trinajstić information content (AvgIpc) is 3.04. The lowest BCUT2D eigenvalue weighted by Gasteiger charge is -2.19. The normalized spacial score (nSPS) is 27.6. The van der Waals surface area contributed by atoms with Crippen LogP contribution >= 0.6 is 0 Å². The van der Waals surface area contributed by atoms with Gasteiger partial charge in [0.1, 0.15) is 0 Å². The number of likely N-dealkylation sites (tertiary alicyclic amines) is 1. The molecule has 0 bridgehead atoms. The zero-order valence-electron chi connectivity index (χ0n) is 13.2. The van der Waals surface area contributed by atoms with Gasteiger partial charge in [0.05, 0.1) is 0 Å². The Morgan fingerprint density at radius 3 is 2.64 bits per heavy atom. The van der Waals surface area contributed by atoms with Gasteiger partial charge in [-0.05, 0) is 30.9 Å². The van der Waals surface area contributed by atoms with E-state index in [1.165, 1.54) is 6.42 Å². The first-order chi connectivity index (χ1) is 10.7. The minimum absolute atomic E-state index is 0.115. The number of rotatable bonds is 3. The van der Waals surface area contributed by atoms with Crippen LogP contribution in [0.15, 0.2) is 35.3 Å². The number of aliphatic imine (C=N–C) groups is 1. The summed E-state index contributed by atoms with van der Waals surface area (Å²) >= 11 is 0. The van der Waals surface area contributed by atoms with Gasteiger partial charge in [0.25, 0.3) is 5.91 Å². The van der Waals surface area contributed by atoms with Crippen molar-refractivity contribution in [2.45, 2.75) is 31.8 Å². The molecule has 1 heterocycles. The van der Waals surface area contributed by atoms with Crippen LogP contribution in [0.2, 0.25) is 0 Å². The summed E-state index contributed by atoms with van der Waals surface area (Å²) in [7, 11) is 1.80. The summed E-state index contributed by atoms with van der Waals surface area (Å²) in [6.45, 7) is 3.76. The fourth-order valence-electron chi connectivity index (χ4n) is 2.89. The molecule has 2 fully saturated rings. The summed E-state index contributed by atoms with van der Waals surface area (Å²) in [5, 5.41) is 6.87. The van der Waals surface area contributed by atoms with Gasteiger partial charge < -0.3 is 15.5 Å². The Morgan fingerprint density at radius 2 is 2.00 bits per heavy atom. The molecule has 0 spiro atoms. The maximum absolute atomic E-state index is 12.4. The predicted molar refractivity (Wildman–Crippen MR) is 87.9 cm³/mol. The summed E-state index contributed by atoms with van der Waals surface area (Å²) in [4.78, 5) is 18.6. The first-order valence-electron chi connectivity index (χ1n) is 8.01. The third-order valence-corrected chi connectivity index (χ3v) is 4.49. The zero-order valence-corrected chi connectivity index (χ0v) is 13.2. The van der Waals surface area contributed by atoms with Gasteiger partial charge in [0, 0.05) is 37.8 Å². The number of amides is 1. The van der Waals surface area contributed by atoms with Crippen molar-refractivity contribution in [2.75, 3.05) is 20.1 Å². The van der Waals surface area contributed by atoms with Crippen LogP contribution in [0.4, 0.5) is 0 Å². The summed E-state index contributed by atoms with van der Waals surface area (Å²) < 4.78 is 0. The molecule has 1 aromatic rings. The minimum atomic E-state index is 0.115. The second kappa shape index (κ2) is 6.38. The summed E-state index contributed by atoms with van der Waals surface area (Å²) in [5.41, 5.74) is 0.762. The van der Waals surface area contributed by atoms with Crippen LogP contribution in [0.25, 0.3) is 0 Å². The van der Waals surface area contributed by atoms with E-state index >= 15 is 0 Å². The van der Waals surface area contributed by atoms with Crippen molar-refractivity contribution < 1.29 is 4.79 Å². The average molecular weight is 300 g/mol. The first-order valence-corrected chi connectivity index (χ1v) is 8.01. The molecule has 3 rings (SSSR count). The third kappa shape index (κ3) is 3.40. The molecule has 1 amide bonds. The van der Waals surface area contributed by atoms with E-state index in [-0.39, 0.29) is 11.9 Å². The van der Waals surface area contributed by atoms with Crippen molar-refractivity contribution >= 4 is 11.9 Å². The molecule has 1 aliphatic heterocycles. The smallest absolute Gasteiger partial charge is 0.253 e. The number of carbonyl (C=O) groups is 1. The van der Waals surface area contributed by atoms with E-state index < -0.39 is 0 Å². The van der Waals surface area contributed by atoms with Crippen molar-refractivity contribution in [3.8, 4) is 0 Å². The van der Waals surface area contributed by atoms with Gasteiger partial charge >= 0.3 is 0 Å². The Bertz CT molecular complexity index is 557. The van der Waals surface area contributed by atoms with Gasteiger partial charge in [-0.2, -0.15) is 0 Å². The SMILES string of the molecule is CN=C(NC1CCN(C(=O)c2ccccc2)C1)NC1CC1C. The minimum Gasteiger partial charge on any atom is -0.353 e. The molecule has 0 radical (unpaired) electrons. The molecule has 118 valence electrons. The van der Waals surface area contributed by atoms with Crippen LogP contribution < -0.4 is 10.6 Å². The number of carbonyl (C=O) groups excluding carboxylic acids is 1. The zero-order chi connectivity index (χ0) is 15.5. The maximum atomic E-state index is 12.4. The van der Waals surface area contributed by atoms with Gasteiger partial charge in [-0.1, -0.05) is 25.1 Å². The monoisotopic (exact) mass is 300 g/mol. The van der Waals surface area contributed by atoms with Gasteiger partial charge in [-0.3, -0.25) is 9.79 Å². The highest BCUT2D eigenvalue weighted by Gasteiger charge is 2.34. The van der Waals surface area contributed by atoms with Gasteiger partial charge in [-0.15, -0.1) is 0 Å². The lowest BCUT2D eigenvalue weighted by atomic mass is 10.2. The van der Waals surface area contributed by atoms with E-state index in [4.69, 9.17) is 0 Å². The van der Waals surface area contributed by atoms with E-state index in [0.29, 0.717) is 6.04 Å². The largest absolute Gasteiger partial charge is 0.353 e. The van der Waals surface area contributed by atoms with Crippen molar-refractivity contribution in [2.24, 2.45) is 10.9 Å². The first kappa shape index (κ1) is 14.9. The lowest BCUT2D eigenvalue weighted by Crippen LogP contribution is -2.46. The Balaban J connectivity index is 1.52. The molecule has 3 unspecified atom stereocenters. The maximum Gasteiger partial charge on any atom is 0.253 e.